The molecule has 2 aromatic carbocycles. The van der Waals surface area contributed by atoms with Crippen molar-refractivity contribution >= 4 is 39.3 Å². The van der Waals surface area contributed by atoms with Gasteiger partial charge in [0.2, 0.25) is 10.0 Å². The number of nitrogens with zero attached hydrogens (tertiary/aromatic N) is 3. The average Bonchev–Trinajstić information content (AvgIpc) is 3.03. The monoisotopic (exact) mass is 640 g/mol. The summed E-state index contributed by atoms with van der Waals surface area (Å²) >= 11 is 0. The molecule has 246 valence electrons. The Kier molecular flexibility index (Phi) is 10.3. The second kappa shape index (κ2) is 14.0. The second-order valence-corrected chi connectivity index (χ2v) is 15.0. The number of nitrogens with one attached hydrogen (secondary N) is 1. The highest BCUT2D eigenvalue weighted by atomic mass is 32.2. The van der Waals surface area contributed by atoms with Gasteiger partial charge >= 0.3 is 12.2 Å². The molecule has 0 aromatic heterocycles. The predicted molar refractivity (Wildman–Crippen MR) is 179 cm³/mol. The molecule has 2 amide bonds. The van der Waals surface area contributed by atoms with Crippen LogP contribution in [0.1, 0.15) is 71.1 Å². The number of carbonyl (C=O) groups excluding carboxylic acids is 2. The van der Waals surface area contributed by atoms with Crippen molar-refractivity contribution in [3.8, 4) is 11.1 Å². The molecule has 45 heavy (non-hydrogen) atoms. The number of hydrogen-bond acceptors (Lipinski definition) is 7. The Morgan fingerprint density at radius 2 is 1.51 bits per heavy atom. The molecular formula is C34H48N4O6S. The first kappa shape index (κ1) is 33.1. The van der Waals surface area contributed by atoms with Gasteiger partial charge in [-0.3, -0.25) is 14.1 Å². The fourth-order valence-corrected chi connectivity index (χ4v) is 7.75. The number of amides is 2. The first-order valence-corrected chi connectivity index (χ1v) is 18.1. The van der Waals surface area contributed by atoms with Gasteiger partial charge < -0.3 is 14.8 Å². The highest BCUT2D eigenvalue weighted by Crippen LogP contribution is 2.44. The smallest absolute Gasteiger partial charge is 0.414 e. The van der Waals surface area contributed by atoms with Gasteiger partial charge in [-0.25, -0.2) is 18.0 Å². The maximum atomic E-state index is 14.2. The zero-order valence-electron chi connectivity index (χ0n) is 27.1. The number of piperidine rings is 1. The molecule has 1 N–H and O–H groups in total. The molecule has 2 aliphatic heterocycles. The molecule has 0 bridgehead atoms. The van der Waals surface area contributed by atoms with E-state index in [1.807, 2.05) is 37.3 Å². The predicted octanol–water partition coefficient (Wildman–Crippen LogP) is 6.54. The third kappa shape index (κ3) is 7.25. The molecule has 2 fully saturated rings. The molecule has 2 aromatic rings. The number of sulfonamides is 1. The van der Waals surface area contributed by atoms with Gasteiger partial charge in [0.1, 0.15) is 6.10 Å². The van der Waals surface area contributed by atoms with Crippen LogP contribution in [0.15, 0.2) is 42.5 Å². The molecule has 10 nitrogen and oxygen atoms in total. The highest BCUT2D eigenvalue weighted by Gasteiger charge is 2.44. The van der Waals surface area contributed by atoms with E-state index in [-0.39, 0.29) is 24.1 Å². The summed E-state index contributed by atoms with van der Waals surface area (Å²) in [5.74, 6) is 0. The normalized spacial score (nSPS) is 22.3. The van der Waals surface area contributed by atoms with Gasteiger partial charge in [0, 0.05) is 19.0 Å². The van der Waals surface area contributed by atoms with E-state index in [4.69, 9.17) is 9.47 Å². The molecular weight excluding hydrogens is 592 g/mol. The fourth-order valence-electron chi connectivity index (χ4n) is 7.24. The van der Waals surface area contributed by atoms with Crippen LogP contribution in [0, 0.1) is 5.41 Å². The number of hydrogen-bond donors (Lipinski definition) is 1. The zero-order chi connectivity index (χ0) is 32.2. The molecule has 1 unspecified atom stereocenters. The van der Waals surface area contributed by atoms with Gasteiger partial charge in [0.05, 0.1) is 43.0 Å². The lowest BCUT2D eigenvalue weighted by Crippen LogP contribution is -2.55. The van der Waals surface area contributed by atoms with Crippen LogP contribution in [0.5, 0.6) is 0 Å². The summed E-state index contributed by atoms with van der Waals surface area (Å²) in [4.78, 5) is 30.3. The quantitative estimate of drug-likeness (QED) is 0.404. The first-order chi connectivity index (χ1) is 21.5. The lowest BCUT2D eigenvalue weighted by Gasteiger charge is -2.46. The van der Waals surface area contributed by atoms with E-state index in [1.165, 1.54) is 50.6 Å². The van der Waals surface area contributed by atoms with Crippen LogP contribution in [0.4, 0.5) is 26.7 Å². The molecule has 0 radical (unpaired) electrons. The molecule has 1 aliphatic carbocycles. The van der Waals surface area contributed by atoms with E-state index in [9.17, 15) is 18.0 Å². The third-order valence-electron chi connectivity index (χ3n) is 9.97. The number of rotatable bonds is 4. The topological polar surface area (TPSA) is 108 Å². The lowest BCUT2D eigenvalue weighted by atomic mass is 9.69. The minimum atomic E-state index is -3.39. The first-order valence-electron chi connectivity index (χ1n) is 16.3. The molecule has 1 saturated heterocycles. The summed E-state index contributed by atoms with van der Waals surface area (Å²) in [5.41, 5.74) is 3.33. The van der Waals surface area contributed by atoms with Crippen molar-refractivity contribution in [2.75, 3.05) is 54.2 Å². The van der Waals surface area contributed by atoms with E-state index in [1.54, 1.807) is 21.9 Å². The van der Waals surface area contributed by atoms with E-state index in [0.717, 1.165) is 56.0 Å². The van der Waals surface area contributed by atoms with Crippen LogP contribution in [0.3, 0.4) is 0 Å². The van der Waals surface area contributed by atoms with E-state index < -0.39 is 22.2 Å². The van der Waals surface area contributed by atoms with Crippen LogP contribution < -0.4 is 19.4 Å². The van der Waals surface area contributed by atoms with Crippen molar-refractivity contribution in [2.24, 2.45) is 5.41 Å². The Morgan fingerprint density at radius 3 is 2.13 bits per heavy atom. The molecule has 3 aliphatic rings. The molecule has 11 heteroatoms. The lowest BCUT2D eigenvalue weighted by molar-refractivity contribution is -0.0275. The summed E-state index contributed by atoms with van der Waals surface area (Å²) in [6.45, 7) is 3.74. The van der Waals surface area contributed by atoms with Gasteiger partial charge in [0.25, 0.3) is 0 Å². The number of carbonyl (C=O) groups is 2. The number of anilines is 3. The Labute approximate surface area is 268 Å². The Balaban J connectivity index is 1.46. The summed E-state index contributed by atoms with van der Waals surface area (Å²) < 4.78 is 36.8. The summed E-state index contributed by atoms with van der Waals surface area (Å²) in [6, 6.07) is 12.5. The molecule has 2 atom stereocenters. The Bertz CT molecular complexity index is 1450. The van der Waals surface area contributed by atoms with Crippen LogP contribution in [-0.2, 0) is 19.5 Å². The minimum absolute atomic E-state index is 0.0245. The van der Waals surface area contributed by atoms with E-state index in [0.29, 0.717) is 23.6 Å². The number of benzene rings is 2. The summed E-state index contributed by atoms with van der Waals surface area (Å²) in [7, 11) is -0.524. The second-order valence-electron chi connectivity index (χ2n) is 12.9. The minimum Gasteiger partial charge on any atom is -0.452 e. The molecule has 1 spiro atoms. The summed E-state index contributed by atoms with van der Waals surface area (Å²) in [6.07, 6.45) is 11.8. The van der Waals surface area contributed by atoms with Crippen molar-refractivity contribution in [2.45, 2.75) is 83.3 Å². The van der Waals surface area contributed by atoms with Gasteiger partial charge in [0.15, 0.2) is 0 Å². The van der Waals surface area contributed by atoms with E-state index in [2.05, 4.69) is 5.32 Å². The van der Waals surface area contributed by atoms with Crippen LogP contribution >= 0.6 is 0 Å². The van der Waals surface area contributed by atoms with Crippen molar-refractivity contribution in [3.05, 3.63) is 42.5 Å². The molecule has 5 rings (SSSR count). The molecule has 2 heterocycles. The fraction of sp³-hybridized carbons (Fsp3) is 0.588. The molecule has 1 saturated carbocycles. The van der Waals surface area contributed by atoms with E-state index >= 15 is 0 Å². The van der Waals surface area contributed by atoms with Crippen molar-refractivity contribution in [3.63, 3.8) is 0 Å². The van der Waals surface area contributed by atoms with Crippen molar-refractivity contribution in [1.29, 1.82) is 0 Å². The SMILES string of the molecule is COC(=O)N1c2ccc(-c3ccc(N(C)S(C)(=O)=O)cc3)cc2N(C(=O)OC2CNCCC23CCCCCCCCC3)C[C@@H]1C. The van der Waals surface area contributed by atoms with Crippen LogP contribution in [0.2, 0.25) is 0 Å². The van der Waals surface area contributed by atoms with Crippen LogP contribution in [-0.4, -0.2) is 72.8 Å². The van der Waals surface area contributed by atoms with Crippen molar-refractivity contribution < 1.29 is 27.5 Å². The number of ether oxygens (including phenoxy) is 2. The van der Waals surface area contributed by atoms with Gasteiger partial charge in [-0.2, -0.15) is 0 Å². The van der Waals surface area contributed by atoms with Gasteiger partial charge in [-0.05, 0) is 68.1 Å². The van der Waals surface area contributed by atoms with Crippen molar-refractivity contribution in [1.82, 2.24) is 5.32 Å². The summed E-state index contributed by atoms with van der Waals surface area (Å²) in [5, 5.41) is 3.48. The Hall–Kier alpha value is -3.31. The largest absolute Gasteiger partial charge is 0.452 e. The average molecular weight is 641 g/mol. The Morgan fingerprint density at radius 1 is 0.889 bits per heavy atom. The number of fused-ring (bicyclic) bond motifs is 1. The number of methoxy groups -OCH3 is 1. The maximum Gasteiger partial charge on any atom is 0.414 e. The van der Waals surface area contributed by atoms with Gasteiger partial charge in [-0.1, -0.05) is 63.1 Å². The zero-order valence-corrected chi connectivity index (χ0v) is 27.9. The highest BCUT2D eigenvalue weighted by molar-refractivity contribution is 7.92. The standard InChI is InChI=1S/C34H48N4O6S/c1-25-24-37(32(39)44-31-23-35-21-20-34(31)18-10-8-6-5-7-9-11-19-34)30-22-27(14-17-29(30)38(25)33(40)43-3)26-12-15-28(16-13-26)36(2)45(4,41)42/h12-17,22,25,31,35H,5-11,18-21,23-24H2,1-4H3/t25-,31?/m0/s1. The third-order valence-corrected chi connectivity index (χ3v) is 11.2. The van der Waals surface area contributed by atoms with Gasteiger partial charge in [-0.15, -0.1) is 0 Å². The van der Waals surface area contributed by atoms with Crippen LogP contribution in [0.25, 0.3) is 11.1 Å². The maximum absolute atomic E-state index is 14.2.